The van der Waals surface area contributed by atoms with Gasteiger partial charge in [0.25, 0.3) is 0 Å². The normalized spacial score (nSPS) is 17.1. The van der Waals surface area contributed by atoms with Crippen LogP contribution in [-0.4, -0.2) is 46.3 Å². The fourth-order valence-electron chi connectivity index (χ4n) is 3.26. The molecule has 1 aromatic heterocycles. The van der Waals surface area contributed by atoms with Gasteiger partial charge in [-0.25, -0.2) is 4.68 Å². The van der Waals surface area contributed by atoms with E-state index in [9.17, 15) is 4.79 Å². The van der Waals surface area contributed by atoms with Crippen LogP contribution in [0.2, 0.25) is 0 Å². The van der Waals surface area contributed by atoms with Crippen molar-refractivity contribution in [2.45, 2.75) is 38.6 Å². The second kappa shape index (κ2) is 8.11. The van der Waals surface area contributed by atoms with Gasteiger partial charge in [0.1, 0.15) is 0 Å². The van der Waals surface area contributed by atoms with Crippen LogP contribution in [0, 0.1) is 0 Å². The summed E-state index contributed by atoms with van der Waals surface area (Å²) in [5, 5.41) is 7.76. The molecule has 1 unspecified atom stereocenters. The van der Waals surface area contributed by atoms with E-state index >= 15 is 0 Å². The van der Waals surface area contributed by atoms with E-state index in [1.165, 1.54) is 0 Å². The monoisotopic (exact) mass is 326 g/mol. The number of hydrogen-bond donors (Lipinski definition) is 1. The standard InChI is InChI=1S/C19H26N4O/c1-2-12-22(18-10-11-20-14-18)19(24)9-8-16-13-21-23(15-16)17-6-4-3-5-7-17/h3-7,13,15,18,20H,2,8-12,14H2,1H3. The quantitative estimate of drug-likeness (QED) is 0.850. The minimum absolute atomic E-state index is 0.262. The number of aromatic nitrogens is 2. The lowest BCUT2D eigenvalue weighted by Crippen LogP contribution is -2.42. The molecule has 24 heavy (non-hydrogen) atoms. The maximum Gasteiger partial charge on any atom is 0.223 e. The third kappa shape index (κ3) is 4.03. The Morgan fingerprint density at radius 3 is 2.92 bits per heavy atom. The van der Waals surface area contributed by atoms with Gasteiger partial charge in [-0.15, -0.1) is 0 Å². The van der Waals surface area contributed by atoms with Crippen LogP contribution in [0.4, 0.5) is 0 Å². The van der Waals surface area contributed by atoms with Gasteiger partial charge in [0.2, 0.25) is 5.91 Å². The number of aryl methyl sites for hydroxylation is 1. The molecule has 5 heteroatoms. The number of para-hydroxylation sites is 1. The Morgan fingerprint density at radius 1 is 1.38 bits per heavy atom. The van der Waals surface area contributed by atoms with E-state index in [1.54, 1.807) is 0 Å². The molecule has 2 heterocycles. The zero-order valence-electron chi connectivity index (χ0n) is 14.3. The molecule has 0 saturated carbocycles. The van der Waals surface area contributed by atoms with Gasteiger partial charge in [0.05, 0.1) is 11.9 Å². The Balaban J connectivity index is 1.58. The van der Waals surface area contributed by atoms with E-state index in [1.807, 2.05) is 47.4 Å². The van der Waals surface area contributed by atoms with Crippen LogP contribution in [0.15, 0.2) is 42.7 Å². The molecular weight excluding hydrogens is 300 g/mol. The zero-order chi connectivity index (χ0) is 16.8. The van der Waals surface area contributed by atoms with Crippen molar-refractivity contribution in [1.29, 1.82) is 0 Å². The molecule has 3 rings (SSSR count). The first-order valence-electron chi connectivity index (χ1n) is 8.87. The Labute approximate surface area is 143 Å². The summed E-state index contributed by atoms with van der Waals surface area (Å²) in [6, 6.07) is 10.4. The molecule has 1 aromatic carbocycles. The van der Waals surface area contributed by atoms with E-state index in [4.69, 9.17) is 0 Å². The molecule has 0 aliphatic carbocycles. The lowest BCUT2D eigenvalue weighted by atomic mass is 10.1. The van der Waals surface area contributed by atoms with Crippen LogP contribution in [0.25, 0.3) is 5.69 Å². The van der Waals surface area contributed by atoms with E-state index < -0.39 is 0 Å². The Bertz CT molecular complexity index is 646. The average molecular weight is 326 g/mol. The minimum Gasteiger partial charge on any atom is -0.338 e. The lowest BCUT2D eigenvalue weighted by molar-refractivity contribution is -0.133. The predicted molar refractivity (Wildman–Crippen MR) is 95.2 cm³/mol. The molecule has 2 aromatic rings. The number of benzene rings is 1. The fraction of sp³-hybridized carbons (Fsp3) is 0.474. The predicted octanol–water partition coefficient (Wildman–Crippen LogP) is 2.41. The maximum atomic E-state index is 12.6. The van der Waals surface area contributed by atoms with Crippen LogP contribution >= 0.6 is 0 Å². The highest BCUT2D eigenvalue weighted by atomic mass is 16.2. The molecule has 0 spiro atoms. The van der Waals surface area contributed by atoms with E-state index in [-0.39, 0.29) is 5.91 Å². The summed E-state index contributed by atoms with van der Waals surface area (Å²) in [6.07, 6.45) is 7.25. The van der Waals surface area contributed by atoms with Gasteiger partial charge in [0.15, 0.2) is 0 Å². The van der Waals surface area contributed by atoms with Gasteiger partial charge in [-0.1, -0.05) is 25.1 Å². The lowest BCUT2D eigenvalue weighted by Gasteiger charge is -2.28. The number of amides is 1. The minimum atomic E-state index is 0.262. The Morgan fingerprint density at radius 2 is 2.21 bits per heavy atom. The van der Waals surface area contributed by atoms with Crippen LogP contribution in [0.1, 0.15) is 31.7 Å². The van der Waals surface area contributed by atoms with Gasteiger partial charge in [-0.2, -0.15) is 5.10 Å². The SMILES string of the molecule is CCCN(C(=O)CCc1cnn(-c2ccccc2)c1)C1CCNC1. The van der Waals surface area contributed by atoms with Gasteiger partial charge >= 0.3 is 0 Å². The summed E-state index contributed by atoms with van der Waals surface area (Å²) in [5.74, 6) is 0.262. The largest absolute Gasteiger partial charge is 0.338 e. The van der Waals surface area contributed by atoms with Crippen molar-refractivity contribution in [3.8, 4) is 5.69 Å². The topological polar surface area (TPSA) is 50.2 Å². The highest BCUT2D eigenvalue weighted by molar-refractivity contribution is 5.76. The number of hydrogen-bond acceptors (Lipinski definition) is 3. The van der Waals surface area contributed by atoms with Gasteiger partial charge < -0.3 is 10.2 Å². The van der Waals surface area contributed by atoms with E-state index in [2.05, 4.69) is 22.2 Å². The van der Waals surface area contributed by atoms with Crippen LogP contribution in [0.3, 0.4) is 0 Å². The van der Waals surface area contributed by atoms with Crippen LogP contribution in [-0.2, 0) is 11.2 Å². The average Bonchev–Trinajstić information content (AvgIpc) is 3.30. The molecule has 1 aliphatic heterocycles. The first kappa shape index (κ1) is 16.7. The summed E-state index contributed by atoms with van der Waals surface area (Å²) in [6.45, 7) is 4.93. The molecule has 1 amide bonds. The van der Waals surface area contributed by atoms with Crippen molar-refractivity contribution in [3.63, 3.8) is 0 Å². The third-order valence-corrected chi connectivity index (χ3v) is 4.54. The van der Waals surface area contributed by atoms with Crippen molar-refractivity contribution in [2.24, 2.45) is 0 Å². The molecule has 1 fully saturated rings. The fourth-order valence-corrected chi connectivity index (χ4v) is 3.26. The molecule has 1 saturated heterocycles. The first-order valence-corrected chi connectivity index (χ1v) is 8.87. The number of carbonyl (C=O) groups is 1. The van der Waals surface area contributed by atoms with Gasteiger partial charge in [0, 0.05) is 31.7 Å². The van der Waals surface area contributed by atoms with E-state index in [0.717, 1.165) is 50.1 Å². The highest BCUT2D eigenvalue weighted by Crippen LogP contribution is 2.14. The molecule has 0 bridgehead atoms. The van der Waals surface area contributed by atoms with E-state index in [0.29, 0.717) is 12.5 Å². The van der Waals surface area contributed by atoms with Crippen molar-refractivity contribution in [3.05, 3.63) is 48.3 Å². The second-order valence-electron chi connectivity index (χ2n) is 6.36. The molecule has 0 radical (unpaired) electrons. The highest BCUT2D eigenvalue weighted by Gasteiger charge is 2.25. The molecule has 1 N–H and O–H groups in total. The summed E-state index contributed by atoms with van der Waals surface area (Å²) in [4.78, 5) is 14.7. The Hall–Kier alpha value is -2.14. The van der Waals surface area contributed by atoms with Crippen LogP contribution in [0.5, 0.6) is 0 Å². The van der Waals surface area contributed by atoms with Crippen molar-refractivity contribution < 1.29 is 4.79 Å². The van der Waals surface area contributed by atoms with Crippen molar-refractivity contribution in [2.75, 3.05) is 19.6 Å². The number of carbonyl (C=O) groups excluding carboxylic acids is 1. The number of rotatable bonds is 7. The number of nitrogens with zero attached hydrogens (tertiary/aromatic N) is 3. The summed E-state index contributed by atoms with van der Waals surface area (Å²) in [5.41, 5.74) is 2.15. The molecule has 1 aliphatic rings. The summed E-state index contributed by atoms with van der Waals surface area (Å²) >= 11 is 0. The molecule has 5 nitrogen and oxygen atoms in total. The Kier molecular flexibility index (Phi) is 5.64. The van der Waals surface area contributed by atoms with Gasteiger partial charge in [-0.05, 0) is 43.5 Å². The smallest absolute Gasteiger partial charge is 0.223 e. The first-order chi connectivity index (χ1) is 11.8. The third-order valence-electron chi connectivity index (χ3n) is 4.54. The summed E-state index contributed by atoms with van der Waals surface area (Å²) < 4.78 is 1.87. The summed E-state index contributed by atoms with van der Waals surface area (Å²) in [7, 11) is 0. The van der Waals surface area contributed by atoms with Crippen molar-refractivity contribution >= 4 is 5.91 Å². The van der Waals surface area contributed by atoms with Crippen molar-refractivity contribution in [1.82, 2.24) is 20.0 Å². The molecule has 128 valence electrons. The second-order valence-corrected chi connectivity index (χ2v) is 6.36. The molecule has 1 atom stereocenters. The maximum absolute atomic E-state index is 12.6. The van der Waals surface area contributed by atoms with Gasteiger partial charge in [-0.3, -0.25) is 4.79 Å². The molecular formula is C19H26N4O. The number of nitrogens with one attached hydrogen (secondary N) is 1. The van der Waals surface area contributed by atoms with Crippen LogP contribution < -0.4 is 5.32 Å². The zero-order valence-corrected chi connectivity index (χ0v) is 14.3.